The highest BCUT2D eigenvalue weighted by molar-refractivity contribution is 5.72. The summed E-state index contributed by atoms with van der Waals surface area (Å²) in [4.78, 5) is 19.5. The van der Waals surface area contributed by atoms with Gasteiger partial charge in [0.2, 0.25) is 5.82 Å². The lowest BCUT2D eigenvalue weighted by atomic mass is 9.80. The number of hydrogen-bond acceptors (Lipinski definition) is 6. The van der Waals surface area contributed by atoms with Gasteiger partial charge in [-0.25, -0.2) is 4.39 Å². The second kappa shape index (κ2) is 8.95. The van der Waals surface area contributed by atoms with Gasteiger partial charge in [0.1, 0.15) is 5.82 Å². The summed E-state index contributed by atoms with van der Waals surface area (Å²) in [5, 5.41) is 16.9. The maximum Gasteiger partial charge on any atom is 0.306 e. The van der Waals surface area contributed by atoms with Crippen molar-refractivity contribution >= 4 is 5.97 Å². The zero-order valence-corrected chi connectivity index (χ0v) is 19.7. The molecule has 4 aromatic rings. The Labute approximate surface area is 207 Å². The van der Waals surface area contributed by atoms with Gasteiger partial charge in [0, 0.05) is 35.0 Å². The average molecular weight is 485 g/mol. The van der Waals surface area contributed by atoms with E-state index in [-0.39, 0.29) is 23.8 Å². The maximum absolute atomic E-state index is 14.2. The Kier molecular flexibility index (Phi) is 5.60. The molecule has 0 bridgehead atoms. The first kappa shape index (κ1) is 22.5. The van der Waals surface area contributed by atoms with Crippen LogP contribution in [0.3, 0.4) is 0 Å². The lowest BCUT2D eigenvalue weighted by Gasteiger charge is -2.35. The Bertz CT molecular complexity index is 1460. The molecule has 0 amide bonds. The lowest BCUT2D eigenvalue weighted by Crippen LogP contribution is -2.45. The van der Waals surface area contributed by atoms with E-state index in [0.717, 1.165) is 35.1 Å². The van der Waals surface area contributed by atoms with Crippen LogP contribution in [-0.2, 0) is 11.2 Å². The fraction of sp³-hybridized carbons (Fsp3) is 0.286. The Hall–Kier alpha value is -3.91. The predicted octanol–water partition coefficient (Wildman–Crippen LogP) is 5.35. The van der Waals surface area contributed by atoms with E-state index in [9.17, 15) is 9.18 Å². The van der Waals surface area contributed by atoms with Crippen molar-refractivity contribution in [2.45, 2.75) is 44.7 Å². The second-order valence-corrected chi connectivity index (χ2v) is 9.68. The van der Waals surface area contributed by atoms with Crippen molar-refractivity contribution in [2.75, 3.05) is 0 Å². The number of hydrogen-bond donors (Lipinski definition) is 2. The largest absolute Gasteiger partial charge is 0.481 e. The van der Waals surface area contributed by atoms with E-state index < -0.39 is 5.97 Å². The van der Waals surface area contributed by atoms with Crippen LogP contribution in [0.4, 0.5) is 4.39 Å². The van der Waals surface area contributed by atoms with Crippen LogP contribution in [0.25, 0.3) is 34.0 Å². The third kappa shape index (κ3) is 4.07. The fourth-order valence-corrected chi connectivity index (χ4v) is 5.32. The zero-order valence-electron chi connectivity index (χ0n) is 19.7. The summed E-state index contributed by atoms with van der Waals surface area (Å²) in [6, 6.07) is 14.1. The fourth-order valence-electron chi connectivity index (χ4n) is 5.32. The van der Waals surface area contributed by atoms with Gasteiger partial charge >= 0.3 is 5.97 Å². The van der Waals surface area contributed by atoms with E-state index >= 15 is 0 Å². The van der Waals surface area contributed by atoms with E-state index in [4.69, 9.17) is 9.63 Å². The molecule has 6 rings (SSSR count). The number of nitrogens with one attached hydrogen (secondary N) is 1. The summed E-state index contributed by atoms with van der Waals surface area (Å²) < 4.78 is 19.8. The minimum atomic E-state index is -0.697. The Morgan fingerprint density at radius 3 is 2.72 bits per heavy atom. The first-order chi connectivity index (χ1) is 17.5. The molecule has 8 heteroatoms. The Balaban J connectivity index is 1.19. The van der Waals surface area contributed by atoms with Crippen LogP contribution in [0.15, 0.2) is 59.4 Å². The van der Waals surface area contributed by atoms with E-state index in [2.05, 4.69) is 32.6 Å². The van der Waals surface area contributed by atoms with Crippen LogP contribution >= 0.6 is 0 Å². The van der Waals surface area contributed by atoms with Gasteiger partial charge in [-0.05, 0) is 79.1 Å². The first-order valence-corrected chi connectivity index (χ1v) is 12.1. The van der Waals surface area contributed by atoms with E-state index in [0.29, 0.717) is 30.1 Å². The summed E-state index contributed by atoms with van der Waals surface area (Å²) in [5.74, 6) is -0.338. The standard InChI is InChI=1S/C28H25FN4O3/c1-15-10-18(3-5-21(15)23-8-9-30-14-24(23)29)27-32-26(33-36-27)17-2-6-22-16(11-17)4-7-25(22)31-20-12-19(13-20)28(34)35/h2-3,5-6,8-11,14,19-20,25,31H,4,7,12-13H2,1H3,(H,34,35)/t19-,20-,25?. The monoisotopic (exact) mass is 484 g/mol. The Morgan fingerprint density at radius 2 is 1.94 bits per heavy atom. The molecule has 1 atom stereocenters. The van der Waals surface area contributed by atoms with Gasteiger partial charge in [0.25, 0.3) is 5.89 Å². The Morgan fingerprint density at radius 1 is 1.11 bits per heavy atom. The van der Waals surface area contributed by atoms with Crippen LogP contribution < -0.4 is 5.32 Å². The molecule has 2 heterocycles. The number of aryl methyl sites for hydroxylation is 2. The molecule has 2 N–H and O–H groups in total. The molecule has 182 valence electrons. The molecule has 0 radical (unpaired) electrons. The molecule has 2 aliphatic rings. The molecule has 1 fully saturated rings. The summed E-state index contributed by atoms with van der Waals surface area (Å²) in [7, 11) is 0. The van der Waals surface area contributed by atoms with Crippen LogP contribution in [-0.4, -0.2) is 32.2 Å². The number of pyridine rings is 1. The lowest BCUT2D eigenvalue weighted by molar-refractivity contribution is -0.145. The number of halogens is 1. The molecule has 0 spiro atoms. The van der Waals surface area contributed by atoms with Crippen molar-refractivity contribution in [3.8, 4) is 34.0 Å². The number of carbonyl (C=O) groups is 1. The summed E-state index contributed by atoms with van der Waals surface area (Å²) >= 11 is 0. The topological polar surface area (TPSA) is 101 Å². The van der Waals surface area contributed by atoms with Crippen molar-refractivity contribution < 1.29 is 18.8 Å². The molecule has 1 saturated carbocycles. The predicted molar refractivity (Wildman–Crippen MR) is 131 cm³/mol. The van der Waals surface area contributed by atoms with Gasteiger partial charge in [-0.1, -0.05) is 23.4 Å². The third-order valence-electron chi connectivity index (χ3n) is 7.37. The van der Waals surface area contributed by atoms with Crippen molar-refractivity contribution in [3.63, 3.8) is 0 Å². The number of benzene rings is 2. The molecule has 36 heavy (non-hydrogen) atoms. The smallest absolute Gasteiger partial charge is 0.306 e. The van der Waals surface area contributed by atoms with Gasteiger partial charge in [0.15, 0.2) is 0 Å². The number of aromatic nitrogens is 3. The summed E-state index contributed by atoms with van der Waals surface area (Å²) in [6.07, 6.45) is 6.13. The van der Waals surface area contributed by atoms with Gasteiger partial charge in [-0.15, -0.1) is 0 Å². The number of aliphatic carboxylic acids is 1. The highest BCUT2D eigenvalue weighted by Crippen LogP contribution is 2.37. The first-order valence-electron chi connectivity index (χ1n) is 12.1. The molecular weight excluding hydrogens is 459 g/mol. The molecule has 2 aliphatic carbocycles. The van der Waals surface area contributed by atoms with Gasteiger partial charge < -0.3 is 14.9 Å². The number of rotatable bonds is 6. The zero-order chi connectivity index (χ0) is 24.8. The maximum atomic E-state index is 14.2. The SMILES string of the molecule is Cc1cc(-c2nc(-c3ccc4c(c3)CCC4N[C@H]3C[C@H](C(=O)O)C3)no2)ccc1-c1ccncc1F. The van der Waals surface area contributed by atoms with Crippen LogP contribution in [0.1, 0.15) is 42.0 Å². The van der Waals surface area contributed by atoms with Gasteiger partial charge in [-0.3, -0.25) is 9.78 Å². The van der Waals surface area contributed by atoms with E-state index in [1.165, 1.54) is 17.3 Å². The number of carboxylic acid groups (broad SMARTS) is 1. The van der Waals surface area contributed by atoms with Gasteiger partial charge in [0.05, 0.1) is 12.1 Å². The van der Waals surface area contributed by atoms with Crippen LogP contribution in [0.2, 0.25) is 0 Å². The molecule has 0 aliphatic heterocycles. The molecule has 0 saturated heterocycles. The average Bonchev–Trinajstić information content (AvgIpc) is 3.49. The van der Waals surface area contributed by atoms with E-state index in [1.54, 1.807) is 12.3 Å². The molecule has 1 unspecified atom stereocenters. The third-order valence-corrected chi connectivity index (χ3v) is 7.37. The van der Waals surface area contributed by atoms with Gasteiger partial charge in [-0.2, -0.15) is 4.98 Å². The van der Waals surface area contributed by atoms with Crippen LogP contribution in [0.5, 0.6) is 0 Å². The molecule has 2 aromatic heterocycles. The quantitative estimate of drug-likeness (QED) is 0.380. The number of carboxylic acids is 1. The highest BCUT2D eigenvalue weighted by atomic mass is 19.1. The molecule has 7 nitrogen and oxygen atoms in total. The summed E-state index contributed by atoms with van der Waals surface area (Å²) in [5.41, 5.74) is 6.38. The van der Waals surface area contributed by atoms with Crippen molar-refractivity contribution in [1.82, 2.24) is 20.4 Å². The minimum Gasteiger partial charge on any atom is -0.481 e. The molecular formula is C28H25FN4O3. The highest BCUT2D eigenvalue weighted by Gasteiger charge is 2.36. The molecule has 2 aromatic carbocycles. The van der Waals surface area contributed by atoms with E-state index in [1.807, 2.05) is 31.2 Å². The summed E-state index contributed by atoms with van der Waals surface area (Å²) in [6.45, 7) is 1.92. The number of nitrogens with zero attached hydrogens (tertiary/aromatic N) is 3. The van der Waals surface area contributed by atoms with Crippen molar-refractivity contribution in [3.05, 3.63) is 77.4 Å². The van der Waals surface area contributed by atoms with Crippen molar-refractivity contribution in [1.29, 1.82) is 0 Å². The number of fused-ring (bicyclic) bond motifs is 1. The second-order valence-electron chi connectivity index (χ2n) is 9.68. The normalized spacial score (nSPS) is 20.7. The minimum absolute atomic E-state index is 0.213. The van der Waals surface area contributed by atoms with Crippen molar-refractivity contribution in [2.24, 2.45) is 5.92 Å². The van der Waals surface area contributed by atoms with Crippen LogP contribution in [0, 0.1) is 18.7 Å².